The van der Waals surface area contributed by atoms with Crippen LogP contribution in [0.3, 0.4) is 0 Å². The fourth-order valence-electron chi connectivity index (χ4n) is 5.61. The molecule has 0 spiro atoms. The smallest absolute Gasteiger partial charge is 0.268 e. The number of rotatable bonds is 9. The van der Waals surface area contributed by atoms with Crippen LogP contribution < -0.4 is 0 Å². The molecule has 5 aromatic rings. The van der Waals surface area contributed by atoms with Crippen LogP contribution in [0.2, 0.25) is 0 Å². The van der Waals surface area contributed by atoms with Crippen LogP contribution in [-0.4, -0.2) is 31.2 Å². The Balaban J connectivity index is 1.40. The molecule has 2 heterocycles. The minimum atomic E-state index is -3.85. The van der Waals surface area contributed by atoms with Crippen LogP contribution >= 0.6 is 0 Å². The van der Waals surface area contributed by atoms with Crippen LogP contribution in [0, 0.1) is 12.8 Å². The first-order chi connectivity index (χ1) is 20.4. The third-order valence-corrected chi connectivity index (χ3v) is 9.57. The molecule has 1 saturated heterocycles. The van der Waals surface area contributed by atoms with E-state index in [2.05, 4.69) is 6.92 Å². The molecule has 1 fully saturated rings. The highest BCUT2D eigenvalue weighted by atomic mass is 32.2. The van der Waals surface area contributed by atoms with E-state index >= 15 is 0 Å². The van der Waals surface area contributed by atoms with Crippen molar-refractivity contribution in [3.63, 3.8) is 0 Å². The van der Waals surface area contributed by atoms with E-state index in [1.54, 1.807) is 18.3 Å². The van der Waals surface area contributed by atoms with Crippen LogP contribution in [0.5, 0.6) is 0 Å². The van der Waals surface area contributed by atoms with E-state index in [0.717, 1.165) is 27.6 Å². The summed E-state index contributed by atoms with van der Waals surface area (Å²) in [4.78, 5) is 0.236. The molecule has 0 bridgehead atoms. The lowest BCUT2D eigenvalue weighted by Crippen LogP contribution is -2.47. The summed E-state index contributed by atoms with van der Waals surface area (Å²) in [7, 11) is -3.85. The van der Waals surface area contributed by atoms with Gasteiger partial charge in [0.05, 0.1) is 36.3 Å². The Morgan fingerprint density at radius 2 is 1.33 bits per heavy atom. The molecule has 0 radical (unpaired) electrons. The predicted molar refractivity (Wildman–Crippen MR) is 164 cm³/mol. The molecule has 216 valence electrons. The summed E-state index contributed by atoms with van der Waals surface area (Å²) < 4.78 is 48.9. The van der Waals surface area contributed by atoms with Gasteiger partial charge in [0, 0.05) is 23.1 Å². The van der Waals surface area contributed by atoms with Gasteiger partial charge in [-0.05, 0) is 36.2 Å². The zero-order chi connectivity index (χ0) is 29.1. The fourth-order valence-corrected chi connectivity index (χ4v) is 6.99. The second-order valence-electron chi connectivity index (χ2n) is 11.0. The third kappa shape index (κ3) is 5.78. The van der Waals surface area contributed by atoms with Gasteiger partial charge >= 0.3 is 0 Å². The van der Waals surface area contributed by atoms with E-state index in [0.29, 0.717) is 25.3 Å². The highest BCUT2D eigenvalue weighted by Gasteiger charge is 2.42. The number of hydrogen-bond donors (Lipinski definition) is 0. The minimum Gasteiger partial charge on any atom is -0.370 e. The zero-order valence-corrected chi connectivity index (χ0v) is 24.6. The van der Waals surface area contributed by atoms with Crippen molar-refractivity contribution < 1.29 is 22.6 Å². The van der Waals surface area contributed by atoms with Crippen molar-refractivity contribution in [2.45, 2.75) is 50.3 Å². The van der Waals surface area contributed by atoms with Gasteiger partial charge in [0.15, 0.2) is 0 Å². The zero-order valence-electron chi connectivity index (χ0n) is 23.8. The average molecular weight is 582 g/mol. The van der Waals surface area contributed by atoms with Crippen LogP contribution in [0.25, 0.3) is 10.9 Å². The summed E-state index contributed by atoms with van der Waals surface area (Å²) in [5.41, 5.74) is 4.48. The molecule has 1 aliphatic heterocycles. The molecule has 0 saturated carbocycles. The van der Waals surface area contributed by atoms with E-state index in [1.165, 1.54) is 3.97 Å². The molecule has 0 aliphatic carbocycles. The lowest BCUT2D eigenvalue weighted by atomic mass is 9.89. The second kappa shape index (κ2) is 12.2. The number of fused-ring (bicyclic) bond motifs is 1. The maximum atomic E-state index is 13.9. The van der Waals surface area contributed by atoms with Crippen molar-refractivity contribution in [1.29, 1.82) is 0 Å². The van der Waals surface area contributed by atoms with Crippen LogP contribution in [-0.2, 0) is 37.4 Å². The number of aryl methyl sites for hydroxylation is 1. The summed E-state index contributed by atoms with van der Waals surface area (Å²) in [6, 6.07) is 34.6. The average Bonchev–Trinajstić information content (AvgIpc) is 3.41. The van der Waals surface area contributed by atoms with Gasteiger partial charge in [-0.3, -0.25) is 0 Å². The summed E-state index contributed by atoms with van der Waals surface area (Å²) in [6.07, 6.45) is 0.417. The molecular formula is C35H35NO5S. The van der Waals surface area contributed by atoms with Crippen molar-refractivity contribution in [2.75, 3.05) is 6.61 Å². The van der Waals surface area contributed by atoms with Crippen LogP contribution in [0.4, 0.5) is 0 Å². The van der Waals surface area contributed by atoms with E-state index in [-0.39, 0.29) is 16.9 Å². The van der Waals surface area contributed by atoms with Gasteiger partial charge in [-0.1, -0.05) is 103 Å². The van der Waals surface area contributed by atoms with Crippen molar-refractivity contribution in [3.05, 3.63) is 138 Å². The molecule has 4 aromatic carbocycles. The maximum Gasteiger partial charge on any atom is 0.268 e. The summed E-state index contributed by atoms with van der Waals surface area (Å²) >= 11 is 0. The number of benzene rings is 4. The molecular weight excluding hydrogens is 546 g/mol. The first-order valence-electron chi connectivity index (χ1n) is 14.3. The largest absolute Gasteiger partial charge is 0.370 e. The predicted octanol–water partition coefficient (Wildman–Crippen LogP) is 7.06. The van der Waals surface area contributed by atoms with Crippen LogP contribution in [0.15, 0.2) is 120 Å². The monoisotopic (exact) mass is 581 g/mol. The van der Waals surface area contributed by atoms with Crippen molar-refractivity contribution in [3.8, 4) is 0 Å². The van der Waals surface area contributed by atoms with Gasteiger partial charge in [-0.25, -0.2) is 12.4 Å². The van der Waals surface area contributed by atoms with Crippen molar-refractivity contribution in [2.24, 2.45) is 5.92 Å². The third-order valence-electron chi connectivity index (χ3n) is 7.89. The fraction of sp³-hybridized carbons (Fsp3) is 0.257. The van der Waals surface area contributed by atoms with Gasteiger partial charge in [-0.15, -0.1) is 0 Å². The molecule has 4 atom stereocenters. The Hall–Kier alpha value is -3.75. The summed E-state index contributed by atoms with van der Waals surface area (Å²) in [5, 5.41) is 0.808. The molecule has 0 N–H and O–H groups in total. The van der Waals surface area contributed by atoms with Crippen molar-refractivity contribution >= 4 is 20.9 Å². The summed E-state index contributed by atoms with van der Waals surface area (Å²) in [5.74, 6) is 0.0652. The quantitative estimate of drug-likeness (QED) is 0.186. The van der Waals surface area contributed by atoms with Gasteiger partial charge in [-0.2, -0.15) is 0 Å². The molecule has 0 unspecified atom stereocenters. The second-order valence-corrected chi connectivity index (χ2v) is 12.8. The SMILES string of the molecule is Cc1ccc(S(=O)(=O)n2cc([C@@H]3OC[C@@H](C)[C@H](OCc4ccccc4)[C@H]3OCc3ccccc3)c3ccccc32)cc1. The Kier molecular flexibility index (Phi) is 8.27. The molecule has 7 heteroatoms. The standard InChI is InChI=1S/C35H35NO5S/c1-25-17-19-29(20-18-25)42(37,38)36-21-31(30-15-9-10-16-32(30)36)34-35(41-24-28-13-7-4-8-14-28)33(26(2)22-39-34)40-23-27-11-5-3-6-12-27/h3-21,26,33-35H,22-24H2,1-2H3/t26-,33+,34+,35-/m1/s1. The first-order valence-corrected chi connectivity index (χ1v) is 15.7. The Morgan fingerprint density at radius 1 is 0.762 bits per heavy atom. The first kappa shape index (κ1) is 28.4. The summed E-state index contributed by atoms with van der Waals surface area (Å²) in [6.45, 7) is 5.32. The van der Waals surface area contributed by atoms with Crippen molar-refractivity contribution in [1.82, 2.24) is 3.97 Å². The van der Waals surface area contributed by atoms with E-state index in [1.807, 2.05) is 104 Å². The van der Waals surface area contributed by atoms with E-state index in [4.69, 9.17) is 14.2 Å². The molecule has 1 aromatic heterocycles. The van der Waals surface area contributed by atoms with Gasteiger partial charge < -0.3 is 14.2 Å². The normalized spacial score (nSPS) is 21.0. The Bertz CT molecular complexity index is 1730. The number of ether oxygens (including phenoxy) is 3. The minimum absolute atomic E-state index is 0.0652. The lowest BCUT2D eigenvalue weighted by molar-refractivity contribution is -0.207. The lowest BCUT2D eigenvalue weighted by Gasteiger charge is -2.41. The molecule has 1 aliphatic rings. The number of nitrogens with zero attached hydrogens (tertiary/aromatic N) is 1. The topological polar surface area (TPSA) is 66.8 Å². The highest BCUT2D eigenvalue weighted by Crippen LogP contribution is 2.40. The molecule has 42 heavy (non-hydrogen) atoms. The molecule has 6 nitrogen and oxygen atoms in total. The Labute approximate surface area is 247 Å². The number of para-hydroxylation sites is 1. The molecule has 0 amide bonds. The van der Waals surface area contributed by atoms with Gasteiger partial charge in [0.2, 0.25) is 0 Å². The van der Waals surface area contributed by atoms with Gasteiger partial charge in [0.1, 0.15) is 12.2 Å². The Morgan fingerprint density at radius 3 is 1.98 bits per heavy atom. The van der Waals surface area contributed by atoms with Crippen LogP contribution in [0.1, 0.15) is 35.3 Å². The van der Waals surface area contributed by atoms with E-state index < -0.39 is 22.2 Å². The molecule has 6 rings (SSSR count). The van der Waals surface area contributed by atoms with Gasteiger partial charge in [0.25, 0.3) is 10.0 Å². The number of hydrogen-bond acceptors (Lipinski definition) is 5. The maximum absolute atomic E-state index is 13.9. The number of aromatic nitrogens is 1. The van der Waals surface area contributed by atoms with E-state index in [9.17, 15) is 8.42 Å². The highest BCUT2D eigenvalue weighted by molar-refractivity contribution is 7.90.